The van der Waals surface area contributed by atoms with Crippen LogP contribution < -0.4 is 4.90 Å². The largest absolute Gasteiger partial charge is 0.336 e. The molecule has 0 unspecified atom stereocenters. The van der Waals surface area contributed by atoms with Gasteiger partial charge < -0.3 is 4.90 Å². The van der Waals surface area contributed by atoms with Crippen molar-refractivity contribution >= 4 is 28.8 Å². The molecule has 7 nitrogen and oxygen atoms in total. The number of anilines is 1. The first-order valence-corrected chi connectivity index (χ1v) is 10.8. The first-order valence-electron chi connectivity index (χ1n) is 10.8. The lowest BCUT2D eigenvalue weighted by atomic mass is 9.94. The number of carbonyl (C=O) groups excluding carboxylic acids is 2. The van der Waals surface area contributed by atoms with E-state index in [1.54, 1.807) is 12.1 Å². The van der Waals surface area contributed by atoms with Crippen LogP contribution in [0.4, 0.5) is 11.4 Å². The summed E-state index contributed by atoms with van der Waals surface area (Å²) in [5.41, 5.74) is 3.34. The highest BCUT2D eigenvalue weighted by atomic mass is 16.6. The monoisotopic (exact) mass is 417 g/mol. The predicted octanol–water partition coefficient (Wildman–Crippen LogP) is 4.07. The van der Waals surface area contributed by atoms with E-state index >= 15 is 0 Å². The van der Waals surface area contributed by atoms with Crippen LogP contribution in [0.5, 0.6) is 0 Å². The second kappa shape index (κ2) is 7.65. The summed E-state index contributed by atoms with van der Waals surface area (Å²) in [7, 11) is 0. The normalized spacial score (nSPS) is 19.4. The molecule has 2 aromatic rings. The van der Waals surface area contributed by atoms with Crippen LogP contribution in [0.1, 0.15) is 43.2 Å². The Hall–Kier alpha value is -3.48. The molecule has 1 aliphatic carbocycles. The van der Waals surface area contributed by atoms with E-state index in [1.807, 2.05) is 29.2 Å². The molecule has 5 rings (SSSR count). The van der Waals surface area contributed by atoms with Crippen LogP contribution in [0.2, 0.25) is 0 Å². The van der Waals surface area contributed by atoms with Crippen molar-refractivity contribution in [2.24, 2.45) is 0 Å². The first kappa shape index (κ1) is 19.5. The summed E-state index contributed by atoms with van der Waals surface area (Å²) < 4.78 is 0. The minimum absolute atomic E-state index is 0.0432. The molecule has 0 bridgehead atoms. The summed E-state index contributed by atoms with van der Waals surface area (Å²) in [6.45, 7) is 0.628. The maximum atomic E-state index is 13.7. The summed E-state index contributed by atoms with van der Waals surface area (Å²) in [5.74, 6) is -0.535. The average Bonchev–Trinajstić information content (AvgIpc) is 3.32. The summed E-state index contributed by atoms with van der Waals surface area (Å²) in [4.78, 5) is 41.3. The number of nitrogens with zero attached hydrogens (tertiary/aromatic N) is 3. The molecule has 3 aliphatic rings. The lowest BCUT2D eigenvalue weighted by Gasteiger charge is -2.30. The molecule has 2 heterocycles. The Kier molecular flexibility index (Phi) is 4.81. The van der Waals surface area contributed by atoms with Gasteiger partial charge in [0.1, 0.15) is 5.70 Å². The predicted molar refractivity (Wildman–Crippen MR) is 116 cm³/mol. The number of hydrogen-bond acceptors (Lipinski definition) is 5. The van der Waals surface area contributed by atoms with E-state index in [4.69, 9.17) is 0 Å². The van der Waals surface area contributed by atoms with E-state index in [1.165, 1.54) is 17.0 Å². The van der Waals surface area contributed by atoms with Gasteiger partial charge in [-0.15, -0.1) is 0 Å². The zero-order chi connectivity index (χ0) is 21.5. The number of nitro groups is 1. The van der Waals surface area contributed by atoms with Gasteiger partial charge in [-0.2, -0.15) is 0 Å². The van der Waals surface area contributed by atoms with E-state index in [0.29, 0.717) is 23.4 Å². The third-order valence-electron chi connectivity index (χ3n) is 6.55. The molecule has 1 saturated carbocycles. The standard InChI is InChI=1S/C24H23N3O4/c28-23-21(17-10-12-19(13-11-17)27(30)31)22(24(29)26(23)18-7-2-1-3-8-18)25-15-14-16-6-4-5-9-20(16)25/h4-6,9-13,18H,1-3,7-8,14-15H2. The van der Waals surface area contributed by atoms with Gasteiger partial charge in [0.05, 0.1) is 10.5 Å². The van der Waals surface area contributed by atoms with Crippen LogP contribution in [0.3, 0.4) is 0 Å². The number of nitro benzene ring substituents is 1. The Morgan fingerprint density at radius 2 is 1.61 bits per heavy atom. The van der Waals surface area contributed by atoms with Crippen LogP contribution in [0.15, 0.2) is 54.2 Å². The molecule has 0 atom stereocenters. The minimum atomic E-state index is -0.467. The smallest absolute Gasteiger partial charge is 0.278 e. The fourth-order valence-electron chi connectivity index (χ4n) is 5.04. The molecule has 2 aromatic carbocycles. The lowest BCUT2D eigenvalue weighted by molar-refractivity contribution is -0.384. The number of amides is 2. The topological polar surface area (TPSA) is 83.8 Å². The third kappa shape index (κ3) is 3.21. The average molecular weight is 417 g/mol. The van der Waals surface area contributed by atoms with Gasteiger partial charge in [-0.3, -0.25) is 24.6 Å². The van der Waals surface area contributed by atoms with Crippen LogP contribution >= 0.6 is 0 Å². The SMILES string of the molecule is O=C1C(c2ccc([N+](=O)[O-])cc2)=C(N2CCc3ccccc32)C(=O)N1C1CCCCC1. The number of rotatable bonds is 4. The number of carbonyl (C=O) groups is 2. The fraction of sp³-hybridized carbons (Fsp3) is 0.333. The van der Waals surface area contributed by atoms with E-state index in [9.17, 15) is 19.7 Å². The van der Waals surface area contributed by atoms with Crippen molar-refractivity contribution in [1.82, 2.24) is 4.90 Å². The van der Waals surface area contributed by atoms with Crippen LogP contribution in [0, 0.1) is 10.1 Å². The zero-order valence-electron chi connectivity index (χ0n) is 17.1. The molecule has 0 aromatic heterocycles. The molecule has 158 valence electrons. The Morgan fingerprint density at radius 1 is 0.903 bits per heavy atom. The summed E-state index contributed by atoms with van der Waals surface area (Å²) >= 11 is 0. The van der Waals surface area contributed by atoms with Crippen LogP contribution in [-0.4, -0.2) is 34.2 Å². The molecule has 31 heavy (non-hydrogen) atoms. The Labute approximate surface area is 180 Å². The van der Waals surface area contributed by atoms with Gasteiger partial charge in [0, 0.05) is 30.4 Å². The molecule has 0 spiro atoms. The molecular formula is C24H23N3O4. The Bertz CT molecular complexity index is 1100. The molecular weight excluding hydrogens is 394 g/mol. The maximum absolute atomic E-state index is 13.7. The zero-order valence-corrected chi connectivity index (χ0v) is 17.1. The first-order chi connectivity index (χ1) is 15.1. The Balaban J connectivity index is 1.62. The van der Waals surface area contributed by atoms with Gasteiger partial charge >= 0.3 is 0 Å². The molecule has 2 aliphatic heterocycles. The Morgan fingerprint density at radius 3 is 2.32 bits per heavy atom. The van der Waals surface area contributed by atoms with E-state index in [2.05, 4.69) is 0 Å². The molecule has 1 fully saturated rings. The van der Waals surface area contributed by atoms with Gasteiger partial charge in [-0.1, -0.05) is 37.5 Å². The summed E-state index contributed by atoms with van der Waals surface area (Å²) in [6, 6.07) is 13.8. The minimum Gasteiger partial charge on any atom is -0.336 e. The quantitative estimate of drug-likeness (QED) is 0.425. The van der Waals surface area contributed by atoms with Gasteiger partial charge in [-0.05, 0) is 48.6 Å². The highest BCUT2D eigenvalue weighted by Gasteiger charge is 2.46. The third-order valence-corrected chi connectivity index (χ3v) is 6.55. The number of para-hydroxylation sites is 1. The number of fused-ring (bicyclic) bond motifs is 1. The van der Waals surface area contributed by atoms with Gasteiger partial charge in [0.25, 0.3) is 17.5 Å². The number of hydrogen-bond donors (Lipinski definition) is 0. The molecule has 0 saturated heterocycles. The maximum Gasteiger partial charge on any atom is 0.278 e. The van der Waals surface area contributed by atoms with Crippen molar-refractivity contribution in [2.45, 2.75) is 44.6 Å². The van der Waals surface area contributed by atoms with E-state index < -0.39 is 4.92 Å². The summed E-state index contributed by atoms with van der Waals surface area (Å²) in [6.07, 6.45) is 5.61. The van der Waals surface area contributed by atoms with E-state index in [0.717, 1.165) is 49.8 Å². The van der Waals surface area contributed by atoms with Crippen molar-refractivity contribution < 1.29 is 14.5 Å². The van der Waals surface area contributed by atoms with Gasteiger partial charge in [-0.25, -0.2) is 0 Å². The van der Waals surface area contributed by atoms with E-state index in [-0.39, 0.29) is 23.5 Å². The van der Waals surface area contributed by atoms with Gasteiger partial charge in [0.15, 0.2) is 0 Å². The van der Waals surface area contributed by atoms with Crippen LogP contribution in [-0.2, 0) is 16.0 Å². The molecule has 0 radical (unpaired) electrons. The van der Waals surface area contributed by atoms with Gasteiger partial charge in [0.2, 0.25) is 0 Å². The number of non-ortho nitro benzene ring substituents is 1. The number of benzene rings is 2. The van der Waals surface area contributed by atoms with Crippen LogP contribution in [0.25, 0.3) is 5.57 Å². The highest BCUT2D eigenvalue weighted by molar-refractivity contribution is 6.37. The highest BCUT2D eigenvalue weighted by Crippen LogP contribution is 2.40. The lowest BCUT2D eigenvalue weighted by Crippen LogP contribution is -2.43. The molecule has 2 amide bonds. The molecule has 0 N–H and O–H groups in total. The van der Waals surface area contributed by atoms with Crippen molar-refractivity contribution in [3.63, 3.8) is 0 Å². The van der Waals surface area contributed by atoms with Crippen molar-refractivity contribution in [3.05, 3.63) is 75.5 Å². The fourth-order valence-corrected chi connectivity index (χ4v) is 5.04. The summed E-state index contributed by atoms with van der Waals surface area (Å²) in [5, 5.41) is 11.1. The van der Waals surface area contributed by atoms with Crippen molar-refractivity contribution in [1.29, 1.82) is 0 Å². The second-order valence-corrected chi connectivity index (χ2v) is 8.33. The van der Waals surface area contributed by atoms with Crippen molar-refractivity contribution in [3.8, 4) is 0 Å². The van der Waals surface area contributed by atoms with Crippen molar-refractivity contribution in [2.75, 3.05) is 11.4 Å². The molecule has 7 heteroatoms. The number of imide groups is 1. The second-order valence-electron chi connectivity index (χ2n) is 8.33.